The van der Waals surface area contributed by atoms with Crippen LogP contribution in [0.2, 0.25) is 0 Å². The normalized spacial score (nSPS) is 16.7. The van der Waals surface area contributed by atoms with Gasteiger partial charge in [0, 0.05) is 44.2 Å². The Bertz CT molecular complexity index is 907. The Hall–Kier alpha value is -2.71. The number of amides is 1. The number of aromatic nitrogens is 5. The zero-order valence-corrected chi connectivity index (χ0v) is 14.6. The van der Waals surface area contributed by atoms with Gasteiger partial charge in [0.25, 0.3) is 5.56 Å². The molecule has 1 atom stereocenters. The Labute approximate surface area is 144 Å². The fraction of sp³-hybridized carbons (Fsp3) is 0.562. The van der Waals surface area contributed by atoms with Crippen molar-refractivity contribution in [2.75, 3.05) is 0 Å². The van der Waals surface area contributed by atoms with E-state index < -0.39 is 11.2 Å². The first-order valence-corrected chi connectivity index (χ1v) is 8.34. The van der Waals surface area contributed by atoms with Crippen LogP contribution < -0.4 is 16.6 Å². The predicted molar refractivity (Wildman–Crippen MR) is 90.3 cm³/mol. The van der Waals surface area contributed by atoms with Crippen molar-refractivity contribution < 1.29 is 4.79 Å². The third kappa shape index (κ3) is 3.40. The Balaban J connectivity index is 1.68. The van der Waals surface area contributed by atoms with Crippen molar-refractivity contribution in [3.05, 3.63) is 44.8 Å². The molecule has 9 heteroatoms. The SMILES string of the molecule is CC(C)c1nnc2n1C[C@H](NC(=O)Cn1ccc(=O)n(C)c1=O)CC2. The van der Waals surface area contributed by atoms with Gasteiger partial charge in [0.05, 0.1) is 0 Å². The number of hydrogen-bond acceptors (Lipinski definition) is 5. The molecule has 0 radical (unpaired) electrons. The smallest absolute Gasteiger partial charge is 0.331 e. The Morgan fingerprint density at radius 1 is 1.36 bits per heavy atom. The van der Waals surface area contributed by atoms with Crippen LogP contribution in [0.25, 0.3) is 0 Å². The highest BCUT2D eigenvalue weighted by molar-refractivity contribution is 5.76. The van der Waals surface area contributed by atoms with Crippen molar-refractivity contribution in [1.82, 2.24) is 29.2 Å². The number of hydrogen-bond donors (Lipinski definition) is 1. The van der Waals surface area contributed by atoms with Gasteiger partial charge < -0.3 is 9.88 Å². The molecule has 1 aliphatic rings. The van der Waals surface area contributed by atoms with Gasteiger partial charge in [-0.1, -0.05) is 13.8 Å². The molecule has 0 aromatic carbocycles. The predicted octanol–water partition coefficient (Wildman–Crippen LogP) is -0.607. The van der Waals surface area contributed by atoms with E-state index in [1.165, 1.54) is 23.9 Å². The lowest BCUT2D eigenvalue weighted by Crippen LogP contribution is -2.45. The van der Waals surface area contributed by atoms with Gasteiger partial charge >= 0.3 is 5.69 Å². The molecule has 25 heavy (non-hydrogen) atoms. The van der Waals surface area contributed by atoms with Crippen LogP contribution >= 0.6 is 0 Å². The molecule has 0 bridgehead atoms. The average Bonchev–Trinajstić information content (AvgIpc) is 2.99. The van der Waals surface area contributed by atoms with Gasteiger partial charge in [0.2, 0.25) is 5.91 Å². The Morgan fingerprint density at radius 2 is 2.12 bits per heavy atom. The zero-order chi connectivity index (χ0) is 18.1. The molecule has 1 amide bonds. The first-order chi connectivity index (χ1) is 11.9. The average molecular weight is 346 g/mol. The van der Waals surface area contributed by atoms with E-state index in [1.54, 1.807) is 0 Å². The van der Waals surface area contributed by atoms with Crippen molar-refractivity contribution >= 4 is 5.91 Å². The van der Waals surface area contributed by atoms with Gasteiger partial charge in [0.15, 0.2) is 0 Å². The lowest BCUT2D eigenvalue weighted by atomic mass is 10.1. The molecule has 1 N–H and O–H groups in total. The number of fused-ring (bicyclic) bond motifs is 1. The van der Waals surface area contributed by atoms with Gasteiger partial charge in [-0.15, -0.1) is 10.2 Å². The highest BCUT2D eigenvalue weighted by Crippen LogP contribution is 2.19. The summed E-state index contributed by atoms with van der Waals surface area (Å²) in [5.74, 6) is 1.87. The van der Waals surface area contributed by atoms with Crippen LogP contribution in [0.5, 0.6) is 0 Å². The first-order valence-electron chi connectivity index (χ1n) is 8.34. The maximum absolute atomic E-state index is 12.3. The molecule has 134 valence electrons. The first kappa shape index (κ1) is 17.1. The fourth-order valence-corrected chi connectivity index (χ4v) is 3.06. The van der Waals surface area contributed by atoms with Crippen molar-refractivity contribution in [1.29, 1.82) is 0 Å². The molecule has 0 saturated heterocycles. The maximum Gasteiger partial charge on any atom is 0.331 e. The van der Waals surface area contributed by atoms with E-state index in [0.29, 0.717) is 6.54 Å². The van der Waals surface area contributed by atoms with E-state index in [2.05, 4.69) is 33.9 Å². The summed E-state index contributed by atoms with van der Waals surface area (Å²) in [4.78, 5) is 35.7. The molecule has 0 unspecified atom stereocenters. The highest BCUT2D eigenvalue weighted by atomic mass is 16.2. The van der Waals surface area contributed by atoms with Crippen LogP contribution in [0, 0.1) is 0 Å². The topological polar surface area (TPSA) is 104 Å². The van der Waals surface area contributed by atoms with E-state index in [0.717, 1.165) is 29.1 Å². The lowest BCUT2D eigenvalue weighted by molar-refractivity contribution is -0.122. The maximum atomic E-state index is 12.3. The van der Waals surface area contributed by atoms with Crippen molar-refractivity contribution in [3.8, 4) is 0 Å². The molecule has 3 heterocycles. The summed E-state index contributed by atoms with van der Waals surface area (Å²) >= 11 is 0. The highest BCUT2D eigenvalue weighted by Gasteiger charge is 2.25. The van der Waals surface area contributed by atoms with Crippen molar-refractivity contribution in [3.63, 3.8) is 0 Å². The quantitative estimate of drug-likeness (QED) is 0.796. The standard InChI is InChI=1S/C16H22N6O3/c1-10(2)15-19-18-12-5-4-11(8-22(12)15)17-13(23)9-21-7-6-14(24)20(3)16(21)25/h6-7,10-11H,4-5,8-9H2,1-3H3,(H,17,23)/t11-/m1/s1. The van der Waals surface area contributed by atoms with E-state index in [4.69, 9.17) is 0 Å². The molecule has 1 aliphatic heterocycles. The number of carbonyl (C=O) groups is 1. The molecule has 0 fully saturated rings. The lowest BCUT2D eigenvalue weighted by Gasteiger charge is -2.26. The van der Waals surface area contributed by atoms with Gasteiger partial charge in [-0.25, -0.2) is 4.79 Å². The molecule has 9 nitrogen and oxygen atoms in total. The van der Waals surface area contributed by atoms with E-state index in [-0.39, 0.29) is 24.4 Å². The van der Waals surface area contributed by atoms with E-state index >= 15 is 0 Å². The molecule has 0 aliphatic carbocycles. The third-order valence-corrected chi connectivity index (χ3v) is 4.43. The van der Waals surface area contributed by atoms with Crippen molar-refractivity contribution in [2.24, 2.45) is 7.05 Å². The van der Waals surface area contributed by atoms with Crippen LogP contribution in [0.1, 0.15) is 37.8 Å². The molecular formula is C16H22N6O3. The number of aryl methyl sites for hydroxylation is 1. The molecular weight excluding hydrogens is 324 g/mol. The Morgan fingerprint density at radius 3 is 2.84 bits per heavy atom. The molecule has 2 aromatic rings. The summed E-state index contributed by atoms with van der Waals surface area (Å²) < 4.78 is 4.27. The second-order valence-corrected chi connectivity index (χ2v) is 6.67. The Kier molecular flexibility index (Phi) is 4.56. The molecule has 3 rings (SSSR count). The van der Waals surface area contributed by atoms with E-state index in [9.17, 15) is 14.4 Å². The van der Waals surface area contributed by atoms with Gasteiger partial charge in [-0.3, -0.25) is 18.7 Å². The second kappa shape index (κ2) is 6.66. The van der Waals surface area contributed by atoms with Gasteiger partial charge in [0.1, 0.15) is 18.2 Å². The number of nitrogens with zero attached hydrogens (tertiary/aromatic N) is 5. The van der Waals surface area contributed by atoms with Crippen LogP contribution in [-0.4, -0.2) is 35.8 Å². The minimum absolute atomic E-state index is 0.0308. The van der Waals surface area contributed by atoms with Gasteiger partial charge in [-0.2, -0.15) is 0 Å². The fourth-order valence-electron chi connectivity index (χ4n) is 3.06. The zero-order valence-electron chi connectivity index (χ0n) is 14.6. The minimum Gasteiger partial charge on any atom is -0.350 e. The number of nitrogens with one attached hydrogen (secondary N) is 1. The van der Waals surface area contributed by atoms with Crippen LogP contribution in [0.15, 0.2) is 21.9 Å². The number of carbonyl (C=O) groups excluding carboxylic acids is 1. The summed E-state index contributed by atoms with van der Waals surface area (Å²) in [7, 11) is 1.39. The summed E-state index contributed by atoms with van der Waals surface area (Å²) in [6, 6.07) is 1.24. The summed E-state index contributed by atoms with van der Waals surface area (Å²) in [5.41, 5.74) is -0.898. The monoisotopic (exact) mass is 346 g/mol. The third-order valence-electron chi connectivity index (χ3n) is 4.43. The number of rotatable bonds is 4. The van der Waals surface area contributed by atoms with E-state index in [1.807, 2.05) is 0 Å². The summed E-state index contributed by atoms with van der Waals surface area (Å²) in [6.07, 6.45) is 2.88. The minimum atomic E-state index is -0.505. The molecule has 0 saturated carbocycles. The molecule has 0 spiro atoms. The molecule has 2 aromatic heterocycles. The van der Waals surface area contributed by atoms with Crippen LogP contribution in [-0.2, 0) is 31.4 Å². The van der Waals surface area contributed by atoms with Crippen LogP contribution in [0.4, 0.5) is 0 Å². The van der Waals surface area contributed by atoms with Gasteiger partial charge in [-0.05, 0) is 6.42 Å². The largest absolute Gasteiger partial charge is 0.350 e. The second-order valence-electron chi connectivity index (χ2n) is 6.67. The van der Waals surface area contributed by atoms with Crippen molar-refractivity contribution in [2.45, 2.75) is 51.7 Å². The summed E-state index contributed by atoms with van der Waals surface area (Å²) in [6.45, 7) is 4.64. The van der Waals surface area contributed by atoms with Crippen LogP contribution in [0.3, 0.4) is 0 Å². The summed E-state index contributed by atoms with van der Waals surface area (Å²) in [5, 5.41) is 11.4.